The van der Waals surface area contributed by atoms with E-state index < -0.39 is 22.1 Å². The van der Waals surface area contributed by atoms with Gasteiger partial charge in [0.05, 0.1) is 10.9 Å². The molecule has 3 N–H and O–H groups in total. The van der Waals surface area contributed by atoms with Crippen LogP contribution >= 0.6 is 11.6 Å². The molecule has 3 amide bonds. The Bertz CT molecular complexity index is 818. The molecule has 1 saturated carbocycles. The van der Waals surface area contributed by atoms with Crippen molar-refractivity contribution in [1.29, 1.82) is 0 Å². The molecule has 1 aliphatic heterocycles. The number of urea groups is 1. The number of carbonyl (C=O) groups is 2. The van der Waals surface area contributed by atoms with Gasteiger partial charge in [-0.25, -0.2) is 17.9 Å². The molecule has 2 fully saturated rings. The van der Waals surface area contributed by atoms with Crippen LogP contribution in [0.1, 0.15) is 32.6 Å². The molecule has 1 aromatic carbocycles. The van der Waals surface area contributed by atoms with E-state index in [9.17, 15) is 18.0 Å². The highest BCUT2D eigenvalue weighted by atomic mass is 35.5. The van der Waals surface area contributed by atoms with Gasteiger partial charge in [0.1, 0.15) is 0 Å². The van der Waals surface area contributed by atoms with E-state index in [4.69, 9.17) is 11.6 Å². The largest absolute Gasteiger partial charge is 0.335 e. The lowest BCUT2D eigenvalue weighted by molar-refractivity contribution is -0.125. The normalized spacial score (nSPS) is 19.8. The van der Waals surface area contributed by atoms with Crippen LogP contribution in [0.2, 0.25) is 5.02 Å². The summed E-state index contributed by atoms with van der Waals surface area (Å²) in [5.74, 6) is -0.349. The zero-order valence-electron chi connectivity index (χ0n) is 15.7. The number of likely N-dealkylation sites (tertiary alicyclic amines) is 1. The highest BCUT2D eigenvalue weighted by Crippen LogP contribution is 2.19. The number of rotatable bonds is 6. The number of hydrogen-bond acceptors (Lipinski definition) is 5. The first kappa shape index (κ1) is 21.0. The number of carbonyl (C=O) groups excluding carboxylic acids is 2. The second-order valence-electron chi connectivity index (χ2n) is 7.30. The van der Waals surface area contributed by atoms with E-state index in [0.29, 0.717) is 31.0 Å². The fraction of sp³-hybridized carbons (Fsp3) is 0.556. The first-order chi connectivity index (χ1) is 13.2. The third kappa shape index (κ3) is 5.66. The SMILES string of the molecule is CC(C(=O)NC(=O)NC1CC1)N1CCC(NS(=O)(=O)c2ccc(Cl)cc2)CC1. The molecule has 0 radical (unpaired) electrons. The number of nitrogens with zero attached hydrogens (tertiary/aromatic N) is 1. The highest BCUT2D eigenvalue weighted by Gasteiger charge is 2.30. The summed E-state index contributed by atoms with van der Waals surface area (Å²) in [4.78, 5) is 26.1. The van der Waals surface area contributed by atoms with Crippen molar-refractivity contribution in [2.75, 3.05) is 13.1 Å². The monoisotopic (exact) mass is 428 g/mol. The van der Waals surface area contributed by atoms with Crippen molar-refractivity contribution in [2.24, 2.45) is 0 Å². The number of piperidine rings is 1. The third-order valence-corrected chi connectivity index (χ3v) is 6.84. The molecular formula is C18H25ClN4O4S. The predicted octanol–water partition coefficient (Wildman–Crippen LogP) is 1.46. The zero-order chi connectivity index (χ0) is 20.3. The molecule has 0 bridgehead atoms. The van der Waals surface area contributed by atoms with Crippen LogP contribution < -0.4 is 15.4 Å². The van der Waals surface area contributed by atoms with Crippen molar-refractivity contribution in [3.63, 3.8) is 0 Å². The molecule has 10 heteroatoms. The Hall–Kier alpha value is -1.68. The van der Waals surface area contributed by atoms with Gasteiger partial charge in [-0.05, 0) is 56.9 Å². The molecule has 0 aromatic heterocycles. The van der Waals surface area contributed by atoms with Gasteiger partial charge >= 0.3 is 6.03 Å². The summed E-state index contributed by atoms with van der Waals surface area (Å²) in [7, 11) is -3.61. The fourth-order valence-electron chi connectivity index (χ4n) is 3.14. The Morgan fingerprint density at radius 2 is 1.68 bits per heavy atom. The molecule has 3 rings (SSSR count). The van der Waals surface area contributed by atoms with Crippen LogP contribution in [0.4, 0.5) is 4.79 Å². The standard InChI is InChI=1S/C18H25ClN4O4S/c1-12(17(24)21-18(25)20-14-4-5-14)23-10-8-15(9-11-23)22-28(26,27)16-6-2-13(19)3-7-16/h2-3,6-7,12,14-15,22H,4-5,8-11H2,1H3,(H2,20,21,24,25). The van der Waals surface area contributed by atoms with Gasteiger partial charge in [-0.3, -0.25) is 15.0 Å². The van der Waals surface area contributed by atoms with Gasteiger partial charge in [-0.1, -0.05) is 11.6 Å². The maximum atomic E-state index is 12.5. The van der Waals surface area contributed by atoms with E-state index in [1.807, 2.05) is 4.90 Å². The van der Waals surface area contributed by atoms with Crippen LogP contribution in [0, 0.1) is 0 Å². The van der Waals surface area contributed by atoms with E-state index >= 15 is 0 Å². The topological polar surface area (TPSA) is 108 Å². The summed E-state index contributed by atoms with van der Waals surface area (Å²) in [6, 6.07) is 5.09. The molecule has 1 unspecified atom stereocenters. The molecule has 1 atom stereocenters. The number of halogens is 1. The third-order valence-electron chi connectivity index (χ3n) is 5.05. The van der Waals surface area contributed by atoms with Crippen LogP contribution in [-0.4, -0.2) is 56.5 Å². The van der Waals surface area contributed by atoms with Gasteiger partial charge in [-0.15, -0.1) is 0 Å². The lowest BCUT2D eigenvalue weighted by Gasteiger charge is -2.35. The Labute approximate surface area is 170 Å². The molecule has 1 aliphatic carbocycles. The van der Waals surface area contributed by atoms with Crippen molar-refractivity contribution in [1.82, 2.24) is 20.3 Å². The molecule has 8 nitrogen and oxygen atoms in total. The minimum atomic E-state index is -3.61. The lowest BCUT2D eigenvalue weighted by Crippen LogP contribution is -2.53. The minimum absolute atomic E-state index is 0.175. The van der Waals surface area contributed by atoms with Crippen LogP contribution in [0.5, 0.6) is 0 Å². The molecule has 28 heavy (non-hydrogen) atoms. The number of nitrogens with one attached hydrogen (secondary N) is 3. The second-order valence-corrected chi connectivity index (χ2v) is 9.45. The van der Waals surface area contributed by atoms with E-state index in [1.54, 1.807) is 19.1 Å². The van der Waals surface area contributed by atoms with Crippen LogP contribution in [0.25, 0.3) is 0 Å². The predicted molar refractivity (Wildman–Crippen MR) is 106 cm³/mol. The summed E-state index contributed by atoms with van der Waals surface area (Å²) in [5, 5.41) is 5.57. The van der Waals surface area contributed by atoms with Crippen molar-refractivity contribution in [3.05, 3.63) is 29.3 Å². The number of hydrogen-bond donors (Lipinski definition) is 3. The lowest BCUT2D eigenvalue weighted by atomic mass is 10.0. The molecule has 154 valence electrons. The zero-order valence-corrected chi connectivity index (χ0v) is 17.2. The summed E-state index contributed by atoms with van der Waals surface area (Å²) >= 11 is 5.81. The van der Waals surface area contributed by atoms with Gasteiger partial charge in [0, 0.05) is 30.2 Å². The van der Waals surface area contributed by atoms with E-state index in [-0.39, 0.29) is 22.9 Å². The van der Waals surface area contributed by atoms with E-state index in [2.05, 4.69) is 15.4 Å². The van der Waals surface area contributed by atoms with Gasteiger partial charge in [-0.2, -0.15) is 0 Å². The number of amides is 3. The molecule has 1 heterocycles. The second kappa shape index (κ2) is 8.77. The first-order valence-corrected chi connectivity index (χ1v) is 11.2. The maximum absolute atomic E-state index is 12.5. The fourth-order valence-corrected chi connectivity index (χ4v) is 4.57. The Balaban J connectivity index is 1.47. The quantitative estimate of drug-likeness (QED) is 0.635. The Morgan fingerprint density at radius 1 is 1.07 bits per heavy atom. The average molecular weight is 429 g/mol. The van der Waals surface area contributed by atoms with Crippen LogP contribution in [0.3, 0.4) is 0 Å². The maximum Gasteiger partial charge on any atom is 0.321 e. The van der Waals surface area contributed by atoms with Gasteiger partial charge < -0.3 is 5.32 Å². The Morgan fingerprint density at radius 3 is 2.25 bits per heavy atom. The van der Waals surface area contributed by atoms with Gasteiger partial charge in [0.25, 0.3) is 0 Å². The Kier molecular flexibility index (Phi) is 6.59. The summed E-state index contributed by atoms with van der Waals surface area (Å²) in [6.45, 7) is 2.87. The van der Waals surface area contributed by atoms with Crippen LogP contribution in [0.15, 0.2) is 29.2 Å². The molecule has 1 aromatic rings. The van der Waals surface area contributed by atoms with E-state index in [0.717, 1.165) is 12.8 Å². The summed E-state index contributed by atoms with van der Waals surface area (Å²) < 4.78 is 27.7. The smallest absolute Gasteiger partial charge is 0.321 e. The van der Waals surface area contributed by atoms with Crippen molar-refractivity contribution in [2.45, 2.75) is 55.6 Å². The number of imide groups is 1. The van der Waals surface area contributed by atoms with Crippen molar-refractivity contribution >= 4 is 33.6 Å². The summed E-state index contributed by atoms with van der Waals surface area (Å²) in [6.07, 6.45) is 3.07. The van der Waals surface area contributed by atoms with Gasteiger partial charge in [0.2, 0.25) is 15.9 Å². The van der Waals surface area contributed by atoms with Crippen molar-refractivity contribution < 1.29 is 18.0 Å². The molecule has 2 aliphatic rings. The first-order valence-electron chi connectivity index (χ1n) is 9.38. The highest BCUT2D eigenvalue weighted by molar-refractivity contribution is 7.89. The average Bonchev–Trinajstić information content (AvgIpc) is 3.45. The summed E-state index contributed by atoms with van der Waals surface area (Å²) in [5.41, 5.74) is 0. The minimum Gasteiger partial charge on any atom is -0.335 e. The molecular weight excluding hydrogens is 404 g/mol. The molecule has 0 spiro atoms. The van der Waals surface area contributed by atoms with Gasteiger partial charge in [0.15, 0.2) is 0 Å². The van der Waals surface area contributed by atoms with Crippen LogP contribution in [-0.2, 0) is 14.8 Å². The van der Waals surface area contributed by atoms with Crippen molar-refractivity contribution in [3.8, 4) is 0 Å². The van der Waals surface area contributed by atoms with E-state index in [1.165, 1.54) is 12.1 Å². The number of benzene rings is 1. The number of sulfonamides is 1. The molecule has 1 saturated heterocycles.